The van der Waals surface area contributed by atoms with Crippen LogP contribution in [-0.4, -0.2) is 46.5 Å². The second-order valence-electron chi connectivity index (χ2n) is 4.41. The van der Waals surface area contributed by atoms with Gasteiger partial charge in [-0.1, -0.05) is 28.7 Å². The van der Waals surface area contributed by atoms with E-state index in [9.17, 15) is 8.42 Å². The molecule has 0 radical (unpaired) electrons. The number of hydrogen-bond acceptors (Lipinski definition) is 5. The number of nitrogens with zero attached hydrogens (tertiary/aromatic N) is 1. The first-order valence-electron chi connectivity index (χ1n) is 6.58. The van der Waals surface area contributed by atoms with E-state index in [0.717, 1.165) is 10.0 Å². The molecule has 1 aromatic rings. The molecule has 0 heterocycles. The third-order valence-electron chi connectivity index (χ3n) is 2.86. The Morgan fingerprint density at radius 2 is 1.86 bits per heavy atom. The van der Waals surface area contributed by atoms with Gasteiger partial charge in [0.2, 0.25) is 0 Å². The quantitative estimate of drug-likeness (QED) is 0.394. The van der Waals surface area contributed by atoms with Crippen molar-refractivity contribution in [2.24, 2.45) is 0 Å². The van der Waals surface area contributed by atoms with Crippen LogP contribution in [-0.2, 0) is 24.3 Å². The van der Waals surface area contributed by atoms with Crippen molar-refractivity contribution in [1.82, 2.24) is 4.47 Å². The molecular weight excluding hydrogens is 306 g/mol. The zero-order valence-corrected chi connectivity index (χ0v) is 13.8. The molecular formula is C15H21NO5S. The van der Waals surface area contributed by atoms with Gasteiger partial charge >= 0.3 is 0 Å². The first-order chi connectivity index (χ1) is 10.5. The van der Waals surface area contributed by atoms with E-state index >= 15 is 0 Å². The van der Waals surface area contributed by atoms with Crippen LogP contribution in [0.1, 0.15) is 5.56 Å². The van der Waals surface area contributed by atoms with Crippen molar-refractivity contribution in [3.05, 3.63) is 48.2 Å². The molecule has 0 aromatic heterocycles. The lowest BCUT2D eigenvalue weighted by atomic mass is 10.2. The minimum atomic E-state index is -3.83. The molecule has 0 saturated heterocycles. The second kappa shape index (κ2) is 8.85. The fourth-order valence-electron chi connectivity index (χ4n) is 1.59. The molecule has 1 rings (SSSR count). The van der Waals surface area contributed by atoms with Crippen molar-refractivity contribution >= 4 is 10.0 Å². The topological polar surface area (TPSA) is 65.1 Å². The van der Waals surface area contributed by atoms with E-state index in [1.165, 1.54) is 32.4 Å². The van der Waals surface area contributed by atoms with Gasteiger partial charge < -0.3 is 9.47 Å². The molecule has 22 heavy (non-hydrogen) atoms. The largest absolute Gasteiger partial charge is 0.354 e. The summed E-state index contributed by atoms with van der Waals surface area (Å²) in [6.45, 7) is 5.20. The summed E-state index contributed by atoms with van der Waals surface area (Å²) in [6.07, 6.45) is 0.736. The maximum atomic E-state index is 12.6. The summed E-state index contributed by atoms with van der Waals surface area (Å²) >= 11 is 0. The third-order valence-corrected chi connectivity index (χ3v) is 4.52. The van der Waals surface area contributed by atoms with Gasteiger partial charge in [0, 0.05) is 14.2 Å². The summed E-state index contributed by atoms with van der Waals surface area (Å²) in [5, 5.41) is 0. The number of ether oxygens (including phenoxy) is 2. The SMILES string of the molecule is C=C=CCON(CC(OC)OC)S(=O)(=O)c1ccc(C)cc1. The first kappa shape index (κ1) is 18.6. The lowest BCUT2D eigenvalue weighted by Crippen LogP contribution is -2.39. The van der Waals surface area contributed by atoms with Crippen LogP contribution in [0.25, 0.3) is 0 Å². The third kappa shape index (κ3) is 5.06. The Labute approximate surface area is 131 Å². The van der Waals surface area contributed by atoms with E-state index in [-0.39, 0.29) is 18.0 Å². The second-order valence-corrected chi connectivity index (χ2v) is 6.24. The van der Waals surface area contributed by atoms with Crippen molar-refractivity contribution in [2.75, 3.05) is 27.4 Å². The molecule has 7 heteroatoms. The van der Waals surface area contributed by atoms with E-state index in [1.54, 1.807) is 12.1 Å². The summed E-state index contributed by atoms with van der Waals surface area (Å²) < 4.78 is 36.2. The first-order valence-corrected chi connectivity index (χ1v) is 8.02. The van der Waals surface area contributed by atoms with Gasteiger partial charge in [-0.15, -0.1) is 5.73 Å². The van der Waals surface area contributed by atoms with Crippen molar-refractivity contribution in [1.29, 1.82) is 0 Å². The molecule has 0 N–H and O–H groups in total. The zero-order chi connectivity index (χ0) is 16.6. The van der Waals surface area contributed by atoms with Crippen molar-refractivity contribution in [3.8, 4) is 0 Å². The summed E-state index contributed by atoms with van der Waals surface area (Å²) in [5.41, 5.74) is 3.48. The summed E-state index contributed by atoms with van der Waals surface area (Å²) in [7, 11) is -0.980. The van der Waals surface area contributed by atoms with Gasteiger partial charge in [-0.3, -0.25) is 4.84 Å². The highest BCUT2D eigenvalue weighted by Gasteiger charge is 2.28. The average Bonchev–Trinajstić information content (AvgIpc) is 2.51. The van der Waals surface area contributed by atoms with E-state index in [1.807, 2.05) is 6.92 Å². The van der Waals surface area contributed by atoms with Crippen molar-refractivity contribution < 1.29 is 22.7 Å². The van der Waals surface area contributed by atoms with Crippen LogP contribution in [0.3, 0.4) is 0 Å². The smallest absolute Gasteiger partial charge is 0.265 e. The van der Waals surface area contributed by atoms with E-state index in [4.69, 9.17) is 14.3 Å². The van der Waals surface area contributed by atoms with E-state index in [0.29, 0.717) is 0 Å². The minimum Gasteiger partial charge on any atom is -0.354 e. The Morgan fingerprint density at radius 3 is 2.36 bits per heavy atom. The summed E-state index contributed by atoms with van der Waals surface area (Å²) in [4.78, 5) is 5.42. The Kier molecular flexibility index (Phi) is 7.47. The summed E-state index contributed by atoms with van der Waals surface area (Å²) in [6, 6.07) is 6.50. The normalized spacial score (nSPS) is 11.7. The molecule has 0 unspecified atom stereocenters. The monoisotopic (exact) mass is 327 g/mol. The average molecular weight is 327 g/mol. The number of rotatable bonds is 9. The molecule has 0 bridgehead atoms. The Hall–Kier alpha value is -1.47. The zero-order valence-electron chi connectivity index (χ0n) is 13.0. The number of sulfonamides is 1. The van der Waals surface area contributed by atoms with Gasteiger partial charge in [0.15, 0.2) is 6.29 Å². The van der Waals surface area contributed by atoms with Crippen LogP contribution in [0.15, 0.2) is 47.5 Å². The fourth-order valence-corrected chi connectivity index (χ4v) is 2.83. The van der Waals surface area contributed by atoms with Gasteiger partial charge in [0.1, 0.15) is 0 Å². The summed E-state index contributed by atoms with van der Waals surface area (Å²) in [5.74, 6) is 0. The molecule has 0 fully saturated rings. The Morgan fingerprint density at radius 1 is 1.27 bits per heavy atom. The molecule has 0 spiro atoms. The number of benzene rings is 1. The maximum Gasteiger partial charge on any atom is 0.265 e. The van der Waals surface area contributed by atoms with Crippen LogP contribution in [0, 0.1) is 6.92 Å². The number of hydroxylamine groups is 1. The molecule has 6 nitrogen and oxygen atoms in total. The molecule has 0 aliphatic heterocycles. The highest BCUT2D eigenvalue weighted by atomic mass is 32.2. The van der Waals surface area contributed by atoms with Crippen LogP contribution in [0.5, 0.6) is 0 Å². The minimum absolute atomic E-state index is 0.0226. The van der Waals surface area contributed by atoms with Crippen molar-refractivity contribution in [2.45, 2.75) is 18.1 Å². The standard InChI is InChI=1S/C15H21NO5S/c1-5-6-11-21-16(12-15(19-3)20-4)22(17,18)14-9-7-13(2)8-10-14/h6-10,15H,1,11-12H2,2-4H3. The predicted octanol–water partition coefficient (Wildman–Crippen LogP) is 1.88. The van der Waals surface area contributed by atoms with Gasteiger partial charge in [0.05, 0.1) is 18.0 Å². The van der Waals surface area contributed by atoms with E-state index < -0.39 is 16.3 Å². The maximum absolute atomic E-state index is 12.6. The molecule has 0 amide bonds. The molecule has 122 valence electrons. The lowest BCUT2D eigenvalue weighted by Gasteiger charge is -2.24. The van der Waals surface area contributed by atoms with Gasteiger partial charge in [0.25, 0.3) is 10.0 Å². The molecule has 0 aliphatic rings. The lowest BCUT2D eigenvalue weighted by molar-refractivity contribution is -0.162. The van der Waals surface area contributed by atoms with Crippen LogP contribution >= 0.6 is 0 Å². The van der Waals surface area contributed by atoms with Gasteiger partial charge in [-0.2, -0.15) is 0 Å². The fraction of sp³-hybridized carbons (Fsp3) is 0.400. The highest BCUT2D eigenvalue weighted by Crippen LogP contribution is 2.17. The van der Waals surface area contributed by atoms with Crippen LogP contribution < -0.4 is 0 Å². The van der Waals surface area contributed by atoms with Gasteiger partial charge in [-0.05, 0) is 25.1 Å². The molecule has 0 aliphatic carbocycles. The van der Waals surface area contributed by atoms with Gasteiger partial charge in [-0.25, -0.2) is 8.42 Å². The Balaban J connectivity index is 3.05. The predicted molar refractivity (Wildman–Crippen MR) is 82.5 cm³/mol. The molecule has 0 saturated carbocycles. The Bertz CT molecular complexity index is 601. The number of methoxy groups -OCH3 is 2. The highest BCUT2D eigenvalue weighted by molar-refractivity contribution is 7.89. The number of hydrogen-bond donors (Lipinski definition) is 0. The van der Waals surface area contributed by atoms with Crippen LogP contribution in [0.2, 0.25) is 0 Å². The molecule has 0 atom stereocenters. The van der Waals surface area contributed by atoms with E-state index in [2.05, 4.69) is 12.3 Å². The molecule has 1 aromatic carbocycles. The van der Waals surface area contributed by atoms with Crippen molar-refractivity contribution in [3.63, 3.8) is 0 Å². The number of aryl methyl sites for hydroxylation is 1. The van der Waals surface area contributed by atoms with Crippen LogP contribution in [0.4, 0.5) is 0 Å².